The maximum Gasteiger partial charge on any atom is 0.135 e. The Hall–Kier alpha value is -2.05. The number of piperidine rings is 1. The number of nitrogens with zero attached hydrogens (tertiary/aromatic N) is 4. The van der Waals surface area contributed by atoms with Crippen LogP contribution in [0.2, 0.25) is 0 Å². The third-order valence-electron chi connectivity index (χ3n) is 4.34. The molecule has 1 fully saturated rings. The largest absolute Gasteiger partial charge is 0.395 e. The van der Waals surface area contributed by atoms with Crippen molar-refractivity contribution in [1.29, 1.82) is 0 Å². The number of likely N-dealkylation sites (tertiary alicyclic amines) is 1. The summed E-state index contributed by atoms with van der Waals surface area (Å²) in [5.74, 6) is 2.74. The van der Waals surface area contributed by atoms with E-state index in [1.54, 1.807) is 0 Å². The van der Waals surface area contributed by atoms with Gasteiger partial charge in [-0.3, -0.25) is 0 Å². The highest BCUT2D eigenvalue weighted by molar-refractivity contribution is 5.52. The minimum Gasteiger partial charge on any atom is -0.395 e. The van der Waals surface area contributed by atoms with Gasteiger partial charge in [0.05, 0.1) is 12.3 Å². The number of nitrogens with one attached hydrogen (secondary N) is 1. The molecular formula is C18H25N5O. The fourth-order valence-corrected chi connectivity index (χ4v) is 3.25. The van der Waals surface area contributed by atoms with Gasteiger partial charge in [0.15, 0.2) is 0 Å². The molecule has 3 heterocycles. The van der Waals surface area contributed by atoms with Gasteiger partial charge in [-0.2, -0.15) is 0 Å². The first kappa shape index (κ1) is 16.8. The van der Waals surface area contributed by atoms with Crippen molar-refractivity contribution in [3.05, 3.63) is 41.5 Å². The molecule has 0 aliphatic carbocycles. The Balaban J connectivity index is 1.78. The van der Waals surface area contributed by atoms with E-state index in [4.69, 9.17) is 5.11 Å². The van der Waals surface area contributed by atoms with Crippen LogP contribution in [-0.4, -0.2) is 51.2 Å². The Kier molecular flexibility index (Phi) is 5.37. The fourth-order valence-electron chi connectivity index (χ4n) is 3.25. The quantitative estimate of drug-likeness (QED) is 0.878. The van der Waals surface area contributed by atoms with Gasteiger partial charge >= 0.3 is 0 Å². The van der Waals surface area contributed by atoms with Crippen LogP contribution < -0.4 is 5.32 Å². The zero-order valence-electron chi connectivity index (χ0n) is 14.4. The Morgan fingerprint density at radius 2 is 2.08 bits per heavy atom. The van der Waals surface area contributed by atoms with Gasteiger partial charge in [-0.15, -0.1) is 0 Å². The SMILES string of the molecule is Cc1cccc(Nc2cc([C@H]3CCCN(CCO)C3)nc(C)n2)n1. The number of anilines is 2. The lowest BCUT2D eigenvalue weighted by molar-refractivity contribution is 0.160. The van der Waals surface area contributed by atoms with Crippen LogP contribution in [0.3, 0.4) is 0 Å². The average molecular weight is 327 g/mol. The number of β-amino-alcohol motifs (C(OH)–C–C–N with tert-alkyl or cyclic N) is 1. The molecule has 0 aromatic carbocycles. The van der Waals surface area contributed by atoms with E-state index < -0.39 is 0 Å². The molecule has 0 amide bonds. The van der Waals surface area contributed by atoms with Gasteiger partial charge in [0.1, 0.15) is 17.5 Å². The normalized spacial score (nSPS) is 18.5. The zero-order chi connectivity index (χ0) is 16.9. The van der Waals surface area contributed by atoms with Crippen molar-refractivity contribution in [2.45, 2.75) is 32.6 Å². The van der Waals surface area contributed by atoms with Crippen LogP contribution in [0.1, 0.15) is 36.0 Å². The highest BCUT2D eigenvalue weighted by Crippen LogP contribution is 2.27. The molecule has 1 aliphatic heterocycles. The molecular weight excluding hydrogens is 302 g/mol. The van der Waals surface area contributed by atoms with Crippen molar-refractivity contribution < 1.29 is 5.11 Å². The van der Waals surface area contributed by atoms with Crippen LogP contribution in [0.5, 0.6) is 0 Å². The van der Waals surface area contributed by atoms with Crippen molar-refractivity contribution >= 4 is 11.6 Å². The van der Waals surface area contributed by atoms with E-state index in [0.717, 1.165) is 61.3 Å². The second kappa shape index (κ2) is 7.68. The molecule has 1 atom stereocenters. The van der Waals surface area contributed by atoms with Crippen LogP contribution in [0.15, 0.2) is 24.3 Å². The summed E-state index contributed by atoms with van der Waals surface area (Å²) in [4.78, 5) is 15.9. The monoisotopic (exact) mass is 327 g/mol. The number of pyridine rings is 1. The standard InChI is InChI=1S/C18H25N5O/c1-13-5-3-7-17(19-13)22-18-11-16(20-14(2)21-18)15-6-4-8-23(12-15)9-10-24/h3,5,7,11,15,24H,4,6,8-10,12H2,1-2H3,(H,19,20,21,22)/t15-/m0/s1. The molecule has 6 heteroatoms. The molecule has 0 radical (unpaired) electrons. The van der Waals surface area contributed by atoms with E-state index in [1.807, 2.05) is 38.1 Å². The topological polar surface area (TPSA) is 74.2 Å². The minimum absolute atomic E-state index is 0.210. The second-order valence-corrected chi connectivity index (χ2v) is 6.38. The van der Waals surface area contributed by atoms with Gasteiger partial charge in [0.2, 0.25) is 0 Å². The predicted molar refractivity (Wildman–Crippen MR) is 94.5 cm³/mol. The predicted octanol–water partition coefficient (Wildman–Crippen LogP) is 2.40. The van der Waals surface area contributed by atoms with Crippen molar-refractivity contribution in [3.8, 4) is 0 Å². The number of hydrogen-bond donors (Lipinski definition) is 2. The molecule has 128 valence electrons. The third kappa shape index (κ3) is 4.27. The molecule has 2 N–H and O–H groups in total. The molecule has 6 nitrogen and oxygen atoms in total. The molecule has 3 rings (SSSR count). The molecule has 0 saturated carbocycles. The Morgan fingerprint density at radius 1 is 1.21 bits per heavy atom. The van der Waals surface area contributed by atoms with E-state index in [1.165, 1.54) is 0 Å². The molecule has 2 aromatic rings. The lowest BCUT2D eigenvalue weighted by atomic mass is 9.94. The number of aryl methyl sites for hydroxylation is 2. The lowest BCUT2D eigenvalue weighted by Crippen LogP contribution is -2.36. The van der Waals surface area contributed by atoms with Crippen molar-refractivity contribution in [1.82, 2.24) is 19.9 Å². The number of rotatable bonds is 5. The maximum absolute atomic E-state index is 9.17. The van der Waals surface area contributed by atoms with Gasteiger partial charge in [0.25, 0.3) is 0 Å². The minimum atomic E-state index is 0.210. The summed E-state index contributed by atoms with van der Waals surface area (Å²) < 4.78 is 0. The average Bonchev–Trinajstić information content (AvgIpc) is 2.55. The summed E-state index contributed by atoms with van der Waals surface area (Å²) in [7, 11) is 0. The van der Waals surface area contributed by atoms with Crippen LogP contribution in [-0.2, 0) is 0 Å². The summed E-state index contributed by atoms with van der Waals surface area (Å²) in [5, 5.41) is 12.5. The summed E-state index contributed by atoms with van der Waals surface area (Å²) in [5.41, 5.74) is 2.04. The van der Waals surface area contributed by atoms with E-state index in [9.17, 15) is 0 Å². The number of aromatic nitrogens is 3. The number of aliphatic hydroxyl groups is 1. The molecule has 0 bridgehead atoms. The summed E-state index contributed by atoms with van der Waals surface area (Å²) in [6.45, 7) is 6.84. The van der Waals surface area contributed by atoms with Crippen LogP contribution >= 0.6 is 0 Å². The first-order valence-corrected chi connectivity index (χ1v) is 8.53. The summed E-state index contributed by atoms with van der Waals surface area (Å²) in [6.07, 6.45) is 2.26. The van der Waals surface area contributed by atoms with Crippen molar-refractivity contribution in [2.75, 3.05) is 31.6 Å². The van der Waals surface area contributed by atoms with Gasteiger partial charge in [-0.25, -0.2) is 15.0 Å². The first-order valence-electron chi connectivity index (χ1n) is 8.53. The highest BCUT2D eigenvalue weighted by Gasteiger charge is 2.22. The van der Waals surface area contributed by atoms with Gasteiger partial charge in [-0.05, 0) is 45.4 Å². The summed E-state index contributed by atoms with van der Waals surface area (Å²) in [6, 6.07) is 7.92. The number of aliphatic hydroxyl groups excluding tert-OH is 1. The second-order valence-electron chi connectivity index (χ2n) is 6.38. The molecule has 2 aromatic heterocycles. The number of hydrogen-bond acceptors (Lipinski definition) is 6. The highest BCUT2D eigenvalue weighted by atomic mass is 16.3. The van der Waals surface area contributed by atoms with E-state index in [0.29, 0.717) is 5.92 Å². The zero-order valence-corrected chi connectivity index (χ0v) is 14.4. The maximum atomic E-state index is 9.17. The molecule has 1 aliphatic rings. The lowest BCUT2D eigenvalue weighted by Gasteiger charge is -2.32. The molecule has 0 spiro atoms. The van der Waals surface area contributed by atoms with Crippen molar-refractivity contribution in [3.63, 3.8) is 0 Å². The van der Waals surface area contributed by atoms with Gasteiger partial charge in [0, 0.05) is 30.8 Å². The fraction of sp³-hybridized carbons (Fsp3) is 0.500. The molecule has 0 unspecified atom stereocenters. The smallest absolute Gasteiger partial charge is 0.135 e. The van der Waals surface area contributed by atoms with Gasteiger partial charge in [-0.1, -0.05) is 6.07 Å². The molecule has 1 saturated heterocycles. The van der Waals surface area contributed by atoms with Gasteiger partial charge < -0.3 is 15.3 Å². The Morgan fingerprint density at radius 3 is 2.88 bits per heavy atom. The van der Waals surface area contributed by atoms with Crippen LogP contribution in [0.25, 0.3) is 0 Å². The van der Waals surface area contributed by atoms with E-state index >= 15 is 0 Å². The van der Waals surface area contributed by atoms with Crippen LogP contribution in [0, 0.1) is 13.8 Å². The van der Waals surface area contributed by atoms with Crippen molar-refractivity contribution in [2.24, 2.45) is 0 Å². The summed E-state index contributed by atoms with van der Waals surface area (Å²) >= 11 is 0. The Bertz CT molecular complexity index is 689. The van der Waals surface area contributed by atoms with E-state index in [2.05, 4.69) is 25.2 Å². The first-order chi connectivity index (χ1) is 11.6. The van der Waals surface area contributed by atoms with Crippen LogP contribution in [0.4, 0.5) is 11.6 Å². The Labute approximate surface area is 143 Å². The third-order valence-corrected chi connectivity index (χ3v) is 4.34. The van der Waals surface area contributed by atoms with E-state index in [-0.39, 0.29) is 6.61 Å². The molecule has 24 heavy (non-hydrogen) atoms.